The number of likely N-dealkylation sites (N-methyl/N-ethyl adjacent to an activating group) is 1. The van der Waals surface area contributed by atoms with E-state index in [0.29, 0.717) is 25.1 Å². The van der Waals surface area contributed by atoms with Crippen LogP contribution in [0.3, 0.4) is 0 Å². The highest BCUT2D eigenvalue weighted by atomic mass is 19.4. The van der Waals surface area contributed by atoms with Gasteiger partial charge in [-0.15, -0.1) is 0 Å². The van der Waals surface area contributed by atoms with Crippen molar-refractivity contribution in [3.8, 4) is 0 Å². The number of likely N-dealkylation sites (tertiary alicyclic amines) is 1. The topological polar surface area (TPSA) is 35.6 Å². The maximum Gasteiger partial charge on any atom is 0.416 e. The lowest BCUT2D eigenvalue weighted by Crippen LogP contribution is -2.44. The summed E-state index contributed by atoms with van der Waals surface area (Å²) in [6.45, 7) is 3.75. The lowest BCUT2D eigenvalue weighted by molar-refractivity contribution is -0.143. The molecule has 0 radical (unpaired) electrons. The predicted octanol–water partition coefficient (Wildman–Crippen LogP) is 6.18. The molecular formula is C24H27F6N3O. The van der Waals surface area contributed by atoms with Gasteiger partial charge < -0.3 is 15.1 Å². The van der Waals surface area contributed by atoms with Gasteiger partial charge in [0.15, 0.2) is 0 Å². The first-order valence-electron chi connectivity index (χ1n) is 10.8. The van der Waals surface area contributed by atoms with Crippen molar-refractivity contribution >= 4 is 6.03 Å². The molecule has 3 atom stereocenters. The second-order valence-electron chi connectivity index (χ2n) is 8.59. The number of nitrogens with one attached hydrogen (secondary N) is 1. The lowest BCUT2D eigenvalue weighted by Gasteiger charge is -2.35. The van der Waals surface area contributed by atoms with Crippen LogP contribution in [0, 0.1) is 6.92 Å². The smallest absolute Gasteiger partial charge is 0.321 e. The Labute approximate surface area is 194 Å². The molecule has 0 spiro atoms. The van der Waals surface area contributed by atoms with Crippen LogP contribution in [0.1, 0.15) is 53.2 Å². The summed E-state index contributed by atoms with van der Waals surface area (Å²) in [6, 6.07) is 7.17. The van der Waals surface area contributed by atoms with Gasteiger partial charge in [-0.3, -0.25) is 0 Å². The molecule has 1 aliphatic heterocycles. The van der Waals surface area contributed by atoms with Crippen molar-refractivity contribution in [2.24, 2.45) is 0 Å². The number of benzene rings is 2. The Hall–Kier alpha value is -2.75. The summed E-state index contributed by atoms with van der Waals surface area (Å²) in [5.41, 5.74) is -1.13. The van der Waals surface area contributed by atoms with Gasteiger partial charge in [-0.05, 0) is 62.2 Å². The van der Waals surface area contributed by atoms with E-state index in [4.69, 9.17) is 0 Å². The zero-order chi connectivity index (χ0) is 25.4. The molecule has 4 nitrogen and oxygen atoms in total. The van der Waals surface area contributed by atoms with E-state index in [-0.39, 0.29) is 23.7 Å². The third-order valence-electron chi connectivity index (χ3n) is 6.50. The lowest BCUT2D eigenvalue weighted by atomic mass is 9.96. The van der Waals surface area contributed by atoms with Crippen molar-refractivity contribution in [2.45, 2.75) is 50.7 Å². The molecule has 1 saturated heterocycles. The van der Waals surface area contributed by atoms with Crippen molar-refractivity contribution < 1.29 is 31.1 Å². The van der Waals surface area contributed by atoms with Gasteiger partial charge in [0.2, 0.25) is 0 Å². The molecule has 34 heavy (non-hydrogen) atoms. The maximum absolute atomic E-state index is 13.5. The second-order valence-corrected chi connectivity index (χ2v) is 8.59. The third-order valence-corrected chi connectivity index (χ3v) is 6.50. The van der Waals surface area contributed by atoms with Crippen LogP contribution in [0.25, 0.3) is 0 Å². The molecule has 0 saturated carbocycles. The fourth-order valence-electron chi connectivity index (χ4n) is 4.42. The number of urea groups is 1. The average Bonchev–Trinajstić information content (AvgIpc) is 3.20. The van der Waals surface area contributed by atoms with Crippen molar-refractivity contribution in [3.63, 3.8) is 0 Å². The summed E-state index contributed by atoms with van der Waals surface area (Å²) in [5.74, 6) is 0. The van der Waals surface area contributed by atoms with Crippen LogP contribution >= 0.6 is 0 Å². The molecule has 0 aliphatic carbocycles. The van der Waals surface area contributed by atoms with Crippen LogP contribution in [0.4, 0.5) is 31.1 Å². The minimum atomic E-state index is -4.96. The van der Waals surface area contributed by atoms with Crippen LogP contribution in [-0.2, 0) is 12.4 Å². The first-order chi connectivity index (χ1) is 15.8. The number of hydrogen-bond donors (Lipinski definition) is 1. The molecule has 1 fully saturated rings. The van der Waals surface area contributed by atoms with E-state index in [1.54, 1.807) is 11.9 Å². The summed E-state index contributed by atoms with van der Waals surface area (Å²) in [6.07, 6.45) is -9.25. The standard InChI is InChI=1S/C24H27F6N3O/c1-14-7-5-6-8-19(14)21-20(31-3)9-10-33(21)22(34)32(4)15(2)16-11-17(23(25,26)27)13-18(12-16)24(28,29)30/h5-8,11-13,15,20-21,31H,9-10H2,1-4H3/t15-,20-,21+/m1/s1. The number of nitrogens with zero attached hydrogens (tertiary/aromatic N) is 2. The number of hydrogen-bond acceptors (Lipinski definition) is 2. The average molecular weight is 487 g/mol. The van der Waals surface area contributed by atoms with Crippen molar-refractivity contribution in [1.29, 1.82) is 0 Å². The molecule has 10 heteroatoms. The SMILES string of the molecule is CN[C@@H]1CCN(C(=O)N(C)[C@H](C)c2cc(C(F)(F)F)cc(C(F)(F)F)c2)[C@H]1c1ccccc1C. The molecule has 1 aliphatic rings. The van der Waals surface area contributed by atoms with Gasteiger partial charge in [-0.2, -0.15) is 26.3 Å². The number of alkyl halides is 6. The highest BCUT2D eigenvalue weighted by Crippen LogP contribution is 2.39. The minimum Gasteiger partial charge on any atom is -0.321 e. The summed E-state index contributed by atoms with van der Waals surface area (Å²) < 4.78 is 79.8. The Kier molecular flexibility index (Phi) is 7.21. The Morgan fingerprint density at radius 1 is 1.06 bits per heavy atom. The van der Waals surface area contributed by atoms with Crippen molar-refractivity contribution in [2.75, 3.05) is 20.6 Å². The van der Waals surface area contributed by atoms with E-state index in [2.05, 4.69) is 5.32 Å². The van der Waals surface area contributed by atoms with E-state index in [1.165, 1.54) is 18.9 Å². The predicted molar refractivity (Wildman–Crippen MR) is 116 cm³/mol. The van der Waals surface area contributed by atoms with Crippen LogP contribution in [0.2, 0.25) is 0 Å². The van der Waals surface area contributed by atoms with Gasteiger partial charge in [-0.25, -0.2) is 4.79 Å². The molecule has 1 heterocycles. The normalized spacial score (nSPS) is 19.9. The van der Waals surface area contributed by atoms with Crippen LogP contribution < -0.4 is 5.32 Å². The fraction of sp³-hybridized carbons (Fsp3) is 0.458. The molecule has 186 valence electrons. The highest BCUT2D eigenvalue weighted by molar-refractivity contribution is 5.76. The molecule has 0 aromatic heterocycles. The molecular weight excluding hydrogens is 460 g/mol. The minimum absolute atomic E-state index is 0.0425. The zero-order valence-electron chi connectivity index (χ0n) is 19.3. The van der Waals surface area contributed by atoms with Crippen LogP contribution in [0.15, 0.2) is 42.5 Å². The number of aryl methyl sites for hydroxylation is 1. The summed E-state index contributed by atoms with van der Waals surface area (Å²) in [7, 11) is 3.18. The number of carbonyl (C=O) groups excluding carboxylic acids is 1. The van der Waals surface area contributed by atoms with Gasteiger partial charge in [0.25, 0.3) is 0 Å². The number of carbonyl (C=O) groups is 1. The monoisotopic (exact) mass is 487 g/mol. The van der Waals surface area contributed by atoms with Gasteiger partial charge in [0.05, 0.1) is 23.2 Å². The number of rotatable bonds is 4. The van der Waals surface area contributed by atoms with E-state index in [0.717, 1.165) is 11.1 Å². The first-order valence-corrected chi connectivity index (χ1v) is 10.8. The number of halogens is 6. The Bertz CT molecular complexity index is 1000. The van der Waals surface area contributed by atoms with Crippen LogP contribution in [0.5, 0.6) is 0 Å². The first kappa shape index (κ1) is 25.9. The van der Waals surface area contributed by atoms with Crippen LogP contribution in [-0.4, -0.2) is 42.5 Å². The maximum atomic E-state index is 13.5. The van der Waals surface area contributed by atoms with Crippen molar-refractivity contribution in [3.05, 3.63) is 70.3 Å². The van der Waals surface area contributed by atoms with Gasteiger partial charge in [0, 0.05) is 19.6 Å². The third kappa shape index (κ3) is 5.16. The summed E-state index contributed by atoms with van der Waals surface area (Å²) in [5, 5.41) is 3.21. The molecule has 2 aromatic carbocycles. The second kappa shape index (κ2) is 9.48. The molecule has 3 rings (SSSR count). The largest absolute Gasteiger partial charge is 0.416 e. The molecule has 0 bridgehead atoms. The van der Waals surface area contributed by atoms with E-state index < -0.39 is 35.6 Å². The van der Waals surface area contributed by atoms with E-state index in [1.807, 2.05) is 31.2 Å². The van der Waals surface area contributed by atoms with Gasteiger partial charge >= 0.3 is 18.4 Å². The van der Waals surface area contributed by atoms with Gasteiger partial charge in [0.1, 0.15) is 0 Å². The molecule has 2 amide bonds. The fourth-order valence-corrected chi connectivity index (χ4v) is 4.42. The zero-order valence-corrected chi connectivity index (χ0v) is 19.3. The van der Waals surface area contributed by atoms with Gasteiger partial charge in [-0.1, -0.05) is 24.3 Å². The van der Waals surface area contributed by atoms with Crippen molar-refractivity contribution in [1.82, 2.24) is 15.1 Å². The Morgan fingerprint density at radius 2 is 1.62 bits per heavy atom. The van der Waals surface area contributed by atoms with E-state index in [9.17, 15) is 31.1 Å². The quantitative estimate of drug-likeness (QED) is 0.523. The molecule has 0 unspecified atom stereocenters. The highest BCUT2D eigenvalue weighted by Gasteiger charge is 2.41. The number of amides is 2. The van der Waals surface area contributed by atoms with E-state index >= 15 is 0 Å². The molecule has 1 N–H and O–H groups in total. The summed E-state index contributed by atoms with van der Waals surface area (Å²) in [4.78, 5) is 16.3. The summed E-state index contributed by atoms with van der Waals surface area (Å²) >= 11 is 0. The molecule has 2 aromatic rings. The Balaban J connectivity index is 1.95. The Morgan fingerprint density at radius 3 is 2.12 bits per heavy atom.